The predicted molar refractivity (Wildman–Crippen MR) is 97.0 cm³/mol. The predicted octanol–water partition coefficient (Wildman–Crippen LogP) is 4.25. The van der Waals surface area contributed by atoms with Crippen LogP contribution in [0.1, 0.15) is 35.5 Å². The second-order valence-electron chi connectivity index (χ2n) is 5.68. The van der Waals surface area contributed by atoms with Gasteiger partial charge in [-0.15, -0.1) is 0 Å². The molecule has 0 spiro atoms. The molecule has 0 bridgehead atoms. The van der Waals surface area contributed by atoms with Crippen LogP contribution in [0.3, 0.4) is 0 Å². The third-order valence-electron chi connectivity index (χ3n) is 3.52. The number of rotatable bonds is 6. The van der Waals surface area contributed by atoms with Crippen molar-refractivity contribution in [1.29, 1.82) is 0 Å². The molecule has 25 heavy (non-hydrogen) atoms. The summed E-state index contributed by atoms with van der Waals surface area (Å²) in [5, 5.41) is 16.1. The largest absolute Gasteiger partial charge is 0.465 e. The molecule has 2 N–H and O–H groups in total. The zero-order valence-electron chi connectivity index (χ0n) is 14.3. The van der Waals surface area contributed by atoms with Crippen molar-refractivity contribution >= 4 is 23.4 Å². The van der Waals surface area contributed by atoms with Crippen LogP contribution in [0, 0.1) is 13.8 Å². The standard InChI is InChI=1S/C18H20ClN3O3/c1-11-7-8-16(19)15(9-11)17(21-18(23)24)13(3)22-25-10-14-6-4-5-12(2)20-14/h4-9,17,21H,10H2,1-3H3,(H,23,24). The summed E-state index contributed by atoms with van der Waals surface area (Å²) >= 11 is 6.23. The van der Waals surface area contributed by atoms with E-state index in [9.17, 15) is 4.79 Å². The fourth-order valence-electron chi connectivity index (χ4n) is 2.35. The zero-order chi connectivity index (χ0) is 18.4. The third-order valence-corrected chi connectivity index (χ3v) is 3.86. The molecule has 7 heteroatoms. The summed E-state index contributed by atoms with van der Waals surface area (Å²) in [6.07, 6.45) is -1.17. The van der Waals surface area contributed by atoms with Gasteiger partial charge in [-0.2, -0.15) is 0 Å². The Morgan fingerprint density at radius 3 is 2.80 bits per heavy atom. The molecule has 1 heterocycles. The van der Waals surface area contributed by atoms with Gasteiger partial charge in [0.15, 0.2) is 6.61 Å². The highest BCUT2D eigenvalue weighted by atomic mass is 35.5. The molecule has 1 unspecified atom stereocenters. The van der Waals surface area contributed by atoms with Gasteiger partial charge in [-0.05, 0) is 44.5 Å². The van der Waals surface area contributed by atoms with Crippen molar-refractivity contribution in [2.75, 3.05) is 0 Å². The van der Waals surface area contributed by atoms with E-state index in [1.807, 2.05) is 44.2 Å². The lowest BCUT2D eigenvalue weighted by atomic mass is 10.0. The number of hydrogen-bond acceptors (Lipinski definition) is 4. The van der Waals surface area contributed by atoms with Gasteiger partial charge in [0.05, 0.1) is 11.4 Å². The first-order chi connectivity index (χ1) is 11.9. The molecule has 0 saturated heterocycles. The van der Waals surface area contributed by atoms with Gasteiger partial charge in [-0.3, -0.25) is 4.98 Å². The molecule has 2 aromatic rings. The number of hydrogen-bond donors (Lipinski definition) is 2. The van der Waals surface area contributed by atoms with Crippen LogP contribution < -0.4 is 5.32 Å². The maximum absolute atomic E-state index is 11.2. The maximum Gasteiger partial charge on any atom is 0.405 e. The van der Waals surface area contributed by atoms with Gasteiger partial charge in [0.25, 0.3) is 0 Å². The molecule has 1 amide bonds. The van der Waals surface area contributed by atoms with Crippen molar-refractivity contribution in [3.8, 4) is 0 Å². The van der Waals surface area contributed by atoms with Gasteiger partial charge >= 0.3 is 6.09 Å². The third kappa shape index (κ3) is 5.46. The van der Waals surface area contributed by atoms with Crippen LogP contribution in [0.25, 0.3) is 0 Å². The molecule has 1 aromatic heterocycles. The van der Waals surface area contributed by atoms with Crippen molar-refractivity contribution < 1.29 is 14.7 Å². The minimum absolute atomic E-state index is 0.195. The van der Waals surface area contributed by atoms with Crippen LogP contribution in [0.15, 0.2) is 41.6 Å². The molecule has 0 aliphatic rings. The minimum atomic E-state index is -1.17. The Bertz CT molecular complexity index is 793. The first-order valence-electron chi connectivity index (χ1n) is 7.71. The normalized spacial score (nSPS) is 12.6. The van der Waals surface area contributed by atoms with Crippen molar-refractivity contribution in [2.24, 2.45) is 5.16 Å². The molecular weight excluding hydrogens is 342 g/mol. The summed E-state index contributed by atoms with van der Waals surface area (Å²) in [4.78, 5) is 20.8. The SMILES string of the molecule is CC(=NOCc1cccc(C)n1)C(NC(=O)O)c1cc(C)ccc1Cl. The smallest absolute Gasteiger partial charge is 0.405 e. The van der Waals surface area contributed by atoms with Gasteiger partial charge in [-0.25, -0.2) is 4.79 Å². The Morgan fingerprint density at radius 2 is 2.12 bits per heavy atom. The topological polar surface area (TPSA) is 83.8 Å². The van der Waals surface area contributed by atoms with E-state index in [1.54, 1.807) is 13.0 Å². The van der Waals surface area contributed by atoms with E-state index in [1.165, 1.54) is 0 Å². The number of nitrogens with one attached hydrogen (secondary N) is 1. The fourth-order valence-corrected chi connectivity index (χ4v) is 2.57. The van der Waals surface area contributed by atoms with Gasteiger partial charge in [0.2, 0.25) is 0 Å². The molecule has 2 rings (SSSR count). The van der Waals surface area contributed by atoms with Crippen LogP contribution in [-0.2, 0) is 11.4 Å². The highest BCUT2D eigenvalue weighted by molar-refractivity contribution is 6.31. The summed E-state index contributed by atoms with van der Waals surface area (Å²) in [6.45, 7) is 5.68. The molecule has 0 radical (unpaired) electrons. The fraction of sp³-hybridized carbons (Fsp3) is 0.278. The number of aromatic nitrogens is 1. The van der Waals surface area contributed by atoms with E-state index in [-0.39, 0.29) is 6.61 Å². The van der Waals surface area contributed by atoms with Crippen LogP contribution in [0.2, 0.25) is 5.02 Å². The van der Waals surface area contributed by atoms with E-state index >= 15 is 0 Å². The first-order valence-corrected chi connectivity index (χ1v) is 8.09. The first kappa shape index (κ1) is 18.7. The molecule has 0 aliphatic heterocycles. The van der Waals surface area contributed by atoms with Crippen molar-refractivity contribution in [3.63, 3.8) is 0 Å². The molecule has 1 atom stereocenters. The van der Waals surface area contributed by atoms with E-state index in [0.717, 1.165) is 17.0 Å². The van der Waals surface area contributed by atoms with Crippen molar-refractivity contribution in [2.45, 2.75) is 33.4 Å². The summed E-state index contributed by atoms with van der Waals surface area (Å²) in [6, 6.07) is 10.3. The molecule has 0 saturated carbocycles. The summed E-state index contributed by atoms with van der Waals surface area (Å²) in [5.74, 6) is 0. The lowest BCUT2D eigenvalue weighted by Crippen LogP contribution is -2.32. The minimum Gasteiger partial charge on any atom is -0.465 e. The number of aryl methyl sites for hydroxylation is 2. The van der Waals surface area contributed by atoms with Crippen molar-refractivity contribution in [3.05, 3.63) is 63.9 Å². The van der Waals surface area contributed by atoms with E-state index in [0.29, 0.717) is 16.3 Å². The molecule has 6 nitrogen and oxygen atoms in total. The Hall–Kier alpha value is -2.60. The van der Waals surface area contributed by atoms with Crippen LogP contribution >= 0.6 is 11.6 Å². The number of oxime groups is 1. The number of amides is 1. The Morgan fingerprint density at radius 1 is 1.36 bits per heavy atom. The van der Waals surface area contributed by atoms with Crippen LogP contribution in [0.5, 0.6) is 0 Å². The number of benzene rings is 1. The van der Waals surface area contributed by atoms with Crippen molar-refractivity contribution in [1.82, 2.24) is 10.3 Å². The number of carbonyl (C=O) groups is 1. The summed E-state index contributed by atoms with van der Waals surface area (Å²) in [5.41, 5.74) is 3.67. The summed E-state index contributed by atoms with van der Waals surface area (Å²) < 4.78 is 0. The second kappa shape index (κ2) is 8.48. The zero-order valence-corrected chi connectivity index (χ0v) is 15.0. The Balaban J connectivity index is 2.18. The highest BCUT2D eigenvalue weighted by Crippen LogP contribution is 2.25. The monoisotopic (exact) mass is 361 g/mol. The Labute approximate surface area is 151 Å². The van der Waals surface area contributed by atoms with Gasteiger partial charge in [0, 0.05) is 10.7 Å². The van der Waals surface area contributed by atoms with Crippen LogP contribution in [-0.4, -0.2) is 21.9 Å². The number of carboxylic acid groups (broad SMARTS) is 1. The molecule has 1 aromatic carbocycles. The molecule has 0 aliphatic carbocycles. The molecule has 0 fully saturated rings. The number of pyridine rings is 1. The molecule has 132 valence electrons. The quantitative estimate of drug-likeness (QED) is 0.595. The average Bonchev–Trinajstić information content (AvgIpc) is 2.55. The lowest BCUT2D eigenvalue weighted by Gasteiger charge is -2.18. The van der Waals surface area contributed by atoms with E-state index < -0.39 is 12.1 Å². The number of nitrogens with zero attached hydrogens (tertiary/aromatic N) is 2. The van der Waals surface area contributed by atoms with Gasteiger partial charge in [0.1, 0.15) is 6.04 Å². The maximum atomic E-state index is 11.2. The lowest BCUT2D eigenvalue weighted by molar-refractivity contribution is 0.126. The summed E-state index contributed by atoms with van der Waals surface area (Å²) in [7, 11) is 0. The van der Waals surface area contributed by atoms with Gasteiger partial charge < -0.3 is 15.3 Å². The Kier molecular flexibility index (Phi) is 6.36. The van der Waals surface area contributed by atoms with E-state index in [4.69, 9.17) is 21.5 Å². The second-order valence-corrected chi connectivity index (χ2v) is 6.09. The average molecular weight is 362 g/mol. The highest BCUT2D eigenvalue weighted by Gasteiger charge is 2.21. The molecular formula is C18H20ClN3O3. The van der Waals surface area contributed by atoms with Gasteiger partial charge in [-0.1, -0.05) is 40.5 Å². The van der Waals surface area contributed by atoms with E-state index in [2.05, 4.69) is 15.5 Å². The number of halogens is 1. The van der Waals surface area contributed by atoms with Crippen LogP contribution in [0.4, 0.5) is 4.79 Å².